The Bertz CT molecular complexity index is 311. The molecule has 0 aliphatic heterocycles. The summed E-state index contributed by atoms with van der Waals surface area (Å²) in [5.41, 5.74) is 0. The topological polar surface area (TPSA) is 136 Å². The van der Waals surface area contributed by atoms with Gasteiger partial charge >= 0.3 is 83.0 Å². The molecule has 0 unspecified atom stereocenters. The molecule has 0 heterocycles. The van der Waals surface area contributed by atoms with Crippen molar-refractivity contribution in [1.82, 2.24) is 0 Å². The fourth-order valence-electron chi connectivity index (χ4n) is 1.03. The van der Waals surface area contributed by atoms with Crippen molar-refractivity contribution >= 4 is 17.9 Å². The van der Waals surface area contributed by atoms with Crippen LogP contribution in [0.5, 0.6) is 0 Å². The molecule has 0 aromatic carbocycles. The van der Waals surface area contributed by atoms with Gasteiger partial charge in [-0.3, -0.25) is 0 Å². The summed E-state index contributed by atoms with van der Waals surface area (Å²) in [5, 5.41) is 25.1. The Labute approximate surface area is 83.1 Å². The minimum atomic E-state index is -4.51. The number of carbonyl (C=O) groups is 3. The van der Waals surface area contributed by atoms with Gasteiger partial charge in [0, 0.05) is 0 Å². The molecule has 0 bridgehead atoms. The Morgan fingerprint density at radius 1 is 0.857 bits per heavy atom. The Hall–Kier alpha value is -0.997. The maximum atomic E-state index is 10.3. The summed E-state index contributed by atoms with van der Waals surface area (Å²) >= 11 is -4.51. The fraction of sp³-hybridized carbons (Fsp3) is 0.500. The van der Waals surface area contributed by atoms with Crippen LogP contribution in [0.2, 0.25) is 12.4 Å². The van der Waals surface area contributed by atoms with E-state index in [2.05, 4.69) is 0 Å². The Morgan fingerprint density at radius 2 is 1.07 bits per heavy atom. The number of hydrogen-bond donors (Lipinski definition) is 3. The first-order valence-corrected chi connectivity index (χ1v) is 9.94. The minimum absolute atomic E-state index is 0.701. The summed E-state index contributed by atoms with van der Waals surface area (Å²) in [5.74, 6) is -4.07. The van der Waals surface area contributed by atoms with Gasteiger partial charge in [-0.15, -0.1) is 0 Å². The number of aliphatic carboxylic acids is 3. The average molecular weight is 282 g/mol. The molecule has 0 atom stereocenters. The van der Waals surface area contributed by atoms with Gasteiger partial charge in [-0.1, -0.05) is 0 Å². The van der Waals surface area contributed by atoms with Gasteiger partial charge in [-0.05, 0) is 0 Å². The molecule has 14 heavy (non-hydrogen) atoms. The average Bonchev–Trinajstić information content (AvgIpc) is 1.76. The maximum absolute atomic E-state index is 10.3. The predicted octanol–water partition coefficient (Wildman–Crippen LogP) is 0.128. The number of hydrogen-bond acceptors (Lipinski definition) is 4. The van der Waals surface area contributed by atoms with Crippen molar-refractivity contribution in [3.8, 4) is 0 Å². The van der Waals surface area contributed by atoms with Gasteiger partial charge < -0.3 is 0 Å². The molecule has 0 aromatic heterocycles. The second-order valence-corrected chi connectivity index (χ2v) is 11.6. The summed E-state index contributed by atoms with van der Waals surface area (Å²) in [4.78, 5) is 30.9. The van der Waals surface area contributed by atoms with Crippen LogP contribution in [-0.4, -0.2) is 33.2 Å². The van der Waals surface area contributed by atoms with Gasteiger partial charge in [0.15, 0.2) is 0 Å². The van der Waals surface area contributed by atoms with E-state index in [-0.39, 0.29) is 0 Å². The molecule has 7 nitrogen and oxygen atoms in total. The second-order valence-electron chi connectivity index (χ2n) is 2.94. The molecule has 0 aromatic rings. The first-order valence-electron chi connectivity index (χ1n) is 3.63. The van der Waals surface area contributed by atoms with Gasteiger partial charge in [0.25, 0.3) is 0 Å². The van der Waals surface area contributed by atoms with Crippen molar-refractivity contribution in [2.24, 2.45) is 0 Å². The summed E-state index contributed by atoms with van der Waals surface area (Å²) in [6.45, 7) is 0. The van der Waals surface area contributed by atoms with Crippen LogP contribution in [0.3, 0.4) is 0 Å². The van der Waals surface area contributed by atoms with Crippen molar-refractivity contribution in [2.45, 2.75) is 12.4 Å². The Kier molecular flexibility index (Phi) is 4.67. The molecule has 0 aliphatic rings. The van der Waals surface area contributed by atoms with E-state index in [1.165, 1.54) is 0 Å². The molecule has 78 valence electrons. The van der Waals surface area contributed by atoms with E-state index >= 15 is 0 Å². The van der Waals surface area contributed by atoms with Crippen LogP contribution < -0.4 is 0 Å². The molecule has 3 N–H and O–H groups in total. The van der Waals surface area contributed by atoms with Crippen LogP contribution in [-0.2, 0) is 34.3 Å². The molecule has 0 rings (SSSR count). The molecule has 0 fully saturated rings. The fourth-order valence-corrected chi connectivity index (χ4v) is 6.11. The standard InChI is InChI=1S/3C2H3O2.N.Zr/c3*1-2(3)4;;/h3*1H2,(H,3,4);;. The zero-order valence-electron chi connectivity index (χ0n) is 7.13. The molecule has 0 saturated heterocycles. The second kappa shape index (κ2) is 5.03. The van der Waals surface area contributed by atoms with Crippen LogP contribution >= 0.6 is 0 Å². The van der Waals surface area contributed by atoms with Gasteiger partial charge in [0.1, 0.15) is 0 Å². The summed E-state index contributed by atoms with van der Waals surface area (Å²) in [6, 6.07) is 0. The van der Waals surface area contributed by atoms with E-state index in [1.807, 2.05) is 0 Å². The van der Waals surface area contributed by atoms with Crippen molar-refractivity contribution in [1.29, 1.82) is 3.10 Å². The van der Waals surface area contributed by atoms with Gasteiger partial charge in [0.2, 0.25) is 0 Å². The molecule has 8 heteroatoms. The zero-order valence-corrected chi connectivity index (χ0v) is 9.59. The van der Waals surface area contributed by atoms with Crippen molar-refractivity contribution in [3.63, 3.8) is 0 Å². The van der Waals surface area contributed by atoms with E-state index in [0.29, 0.717) is 0 Å². The molecule has 0 saturated carbocycles. The molecule has 0 spiro atoms. The van der Waals surface area contributed by atoms with Gasteiger partial charge in [0.05, 0.1) is 0 Å². The van der Waals surface area contributed by atoms with Crippen LogP contribution in [0.15, 0.2) is 0 Å². The zero-order chi connectivity index (χ0) is 11.4. The third-order valence-electron chi connectivity index (χ3n) is 1.44. The van der Waals surface area contributed by atoms with Crippen molar-refractivity contribution in [3.05, 3.63) is 0 Å². The van der Waals surface area contributed by atoms with E-state index < -0.39 is 50.2 Å². The number of carboxylic acid groups (broad SMARTS) is 3. The monoisotopic (exact) mass is 281 g/mol. The first kappa shape index (κ1) is 13.0. The first-order chi connectivity index (χ1) is 6.25. The Balaban J connectivity index is 4.69. The summed E-state index contributed by atoms with van der Waals surface area (Å²) < 4.78 is 7.49. The molecule has 0 radical (unpaired) electrons. The molecular weight excluding hydrogens is 273 g/mol. The van der Waals surface area contributed by atoms with Crippen LogP contribution in [0.1, 0.15) is 0 Å². The summed E-state index contributed by atoms with van der Waals surface area (Å²) in [7, 11) is 0. The van der Waals surface area contributed by atoms with Crippen LogP contribution in [0.25, 0.3) is 0 Å². The van der Waals surface area contributed by atoms with Crippen molar-refractivity contribution < 1.29 is 49.6 Å². The third kappa shape index (κ3) is 5.61. The molecule has 0 aliphatic carbocycles. The number of carboxylic acids is 3. The number of rotatable bonds is 3. The van der Waals surface area contributed by atoms with Gasteiger partial charge in [-0.25, -0.2) is 0 Å². The quantitative estimate of drug-likeness (QED) is 0.669. The van der Waals surface area contributed by atoms with Crippen molar-refractivity contribution in [2.75, 3.05) is 0 Å². The van der Waals surface area contributed by atoms with E-state index in [9.17, 15) is 17.5 Å². The number of nitrogens with zero attached hydrogens (tertiary/aromatic N) is 1. The predicted molar refractivity (Wildman–Crippen MR) is 39.1 cm³/mol. The third-order valence-corrected chi connectivity index (χ3v) is 8.52. The molecule has 0 amide bonds. The van der Waals surface area contributed by atoms with Crippen LogP contribution in [0.4, 0.5) is 0 Å². The Morgan fingerprint density at radius 3 is 1.21 bits per heavy atom. The van der Waals surface area contributed by atoms with E-state index in [1.54, 1.807) is 0 Å². The SMILES string of the molecule is [N]#[Zr]([CH2]C(=O)O)([CH2]C(=O)O)[CH2]C(=O)O. The van der Waals surface area contributed by atoms with Gasteiger partial charge in [-0.2, -0.15) is 0 Å². The normalized spacial score (nSPS) is 9.64. The van der Waals surface area contributed by atoms with E-state index in [0.717, 1.165) is 0 Å². The van der Waals surface area contributed by atoms with Crippen LogP contribution in [0, 0.1) is 3.10 Å². The molecular formula is C6H9NO6Zr. The summed E-state index contributed by atoms with van der Waals surface area (Å²) in [6.07, 6.45) is 0. The van der Waals surface area contributed by atoms with E-state index in [4.69, 9.17) is 15.3 Å².